The molecule has 0 radical (unpaired) electrons. The summed E-state index contributed by atoms with van der Waals surface area (Å²) in [5.41, 5.74) is 8.42. The second kappa shape index (κ2) is 10.0. The average molecular weight is 521 g/mol. The van der Waals surface area contributed by atoms with Gasteiger partial charge in [-0.25, -0.2) is 14.8 Å². The quantitative estimate of drug-likeness (QED) is 0.315. The maximum absolute atomic E-state index is 12.4. The summed E-state index contributed by atoms with van der Waals surface area (Å²) in [7, 11) is 0. The zero-order chi connectivity index (χ0) is 27.0. The minimum Gasteiger partial charge on any atom is -0.444 e. The largest absolute Gasteiger partial charge is 0.444 e. The number of hydrogen-bond acceptors (Lipinski definition) is 7. The summed E-state index contributed by atoms with van der Waals surface area (Å²) >= 11 is 0. The normalized spacial score (nSPS) is 14.5. The van der Waals surface area contributed by atoms with E-state index in [4.69, 9.17) is 4.74 Å². The Labute approximate surface area is 228 Å². The third-order valence-corrected chi connectivity index (χ3v) is 7.10. The van der Waals surface area contributed by atoms with Crippen LogP contribution < -0.4 is 10.2 Å². The number of pyridine rings is 1. The van der Waals surface area contributed by atoms with Gasteiger partial charge in [0.15, 0.2) is 0 Å². The smallest absolute Gasteiger partial charge is 0.410 e. The number of carbonyl (C=O) groups is 1. The van der Waals surface area contributed by atoms with Crippen molar-refractivity contribution in [2.24, 2.45) is 0 Å². The van der Waals surface area contributed by atoms with Crippen molar-refractivity contribution in [3.8, 4) is 22.3 Å². The Bertz CT molecular complexity index is 1490. The Morgan fingerprint density at radius 3 is 2.36 bits per heavy atom. The number of anilines is 3. The van der Waals surface area contributed by atoms with Crippen LogP contribution in [0.3, 0.4) is 0 Å². The second-order valence-electron chi connectivity index (χ2n) is 11.0. The van der Waals surface area contributed by atoms with Gasteiger partial charge in [-0.15, -0.1) is 0 Å². The van der Waals surface area contributed by atoms with Crippen molar-refractivity contribution in [3.05, 3.63) is 84.6 Å². The summed E-state index contributed by atoms with van der Waals surface area (Å²) in [5, 5.41) is 3.53. The lowest BCUT2D eigenvalue weighted by Gasteiger charge is -2.36. The van der Waals surface area contributed by atoms with Crippen LogP contribution in [-0.4, -0.2) is 57.7 Å². The first-order chi connectivity index (χ1) is 18.8. The zero-order valence-corrected chi connectivity index (χ0v) is 22.5. The molecule has 4 aromatic rings. The minimum absolute atomic E-state index is 0.242. The van der Waals surface area contributed by atoms with Crippen LogP contribution in [-0.2, 0) is 11.2 Å². The van der Waals surface area contributed by atoms with E-state index in [0.717, 1.165) is 59.1 Å². The van der Waals surface area contributed by atoms with E-state index >= 15 is 0 Å². The molecule has 2 aliphatic rings. The molecule has 1 fully saturated rings. The Hall–Kier alpha value is -4.46. The number of fused-ring (bicyclic) bond motifs is 3. The summed E-state index contributed by atoms with van der Waals surface area (Å²) < 4.78 is 5.52. The molecule has 39 heavy (non-hydrogen) atoms. The van der Waals surface area contributed by atoms with Crippen LogP contribution in [0.2, 0.25) is 0 Å². The highest BCUT2D eigenvalue weighted by molar-refractivity contribution is 5.88. The maximum atomic E-state index is 12.4. The Balaban J connectivity index is 1.16. The SMILES string of the molecule is CC(C)(C)OC(=O)N1CCN(c2ccc(Nc3ncnc4c3-c3cc(-c5ccncc5)ccc3C4)cc2)CC1. The molecule has 0 atom stereocenters. The second-order valence-corrected chi connectivity index (χ2v) is 11.0. The minimum atomic E-state index is -0.481. The lowest BCUT2D eigenvalue weighted by atomic mass is 9.99. The molecule has 8 nitrogen and oxygen atoms in total. The van der Waals surface area contributed by atoms with Gasteiger partial charge in [0.2, 0.25) is 0 Å². The number of nitrogens with one attached hydrogen (secondary N) is 1. The fraction of sp³-hybridized carbons (Fsp3) is 0.290. The molecule has 1 saturated heterocycles. The molecule has 198 valence electrons. The van der Waals surface area contributed by atoms with Crippen molar-refractivity contribution < 1.29 is 9.53 Å². The summed E-state index contributed by atoms with van der Waals surface area (Å²) in [6.45, 7) is 8.50. The molecule has 2 aromatic carbocycles. The van der Waals surface area contributed by atoms with Crippen molar-refractivity contribution >= 4 is 23.3 Å². The molecular formula is C31H32N6O2. The van der Waals surface area contributed by atoms with E-state index in [2.05, 4.69) is 67.6 Å². The standard InChI is InChI=1S/C31H32N6O2/c1-31(2,3)39-30(38)37-16-14-36(15-17-37)25-8-6-24(7-9-25)35-29-28-26-18-22(21-10-12-32-13-11-21)4-5-23(26)19-27(28)33-20-34-29/h4-13,18,20H,14-17,19H2,1-3H3,(H,33,34,35). The number of aromatic nitrogens is 3. The van der Waals surface area contributed by atoms with E-state index in [1.54, 1.807) is 11.2 Å². The lowest BCUT2D eigenvalue weighted by molar-refractivity contribution is 0.0240. The molecule has 1 aliphatic heterocycles. The maximum Gasteiger partial charge on any atom is 0.410 e. The van der Waals surface area contributed by atoms with E-state index in [-0.39, 0.29) is 6.09 Å². The van der Waals surface area contributed by atoms with Crippen LogP contribution in [0.15, 0.2) is 73.3 Å². The predicted octanol–water partition coefficient (Wildman–Crippen LogP) is 5.91. The van der Waals surface area contributed by atoms with Gasteiger partial charge < -0.3 is 19.9 Å². The van der Waals surface area contributed by atoms with Crippen molar-refractivity contribution in [2.45, 2.75) is 32.8 Å². The monoisotopic (exact) mass is 520 g/mol. The van der Waals surface area contributed by atoms with E-state index in [1.807, 2.05) is 45.3 Å². The molecular weight excluding hydrogens is 488 g/mol. The summed E-state index contributed by atoms with van der Waals surface area (Å²) in [6.07, 6.45) is 5.82. The van der Waals surface area contributed by atoms with E-state index in [9.17, 15) is 4.79 Å². The topological polar surface area (TPSA) is 83.5 Å². The molecule has 8 heteroatoms. The van der Waals surface area contributed by atoms with Crippen LogP contribution >= 0.6 is 0 Å². The Kier molecular flexibility index (Phi) is 6.38. The van der Waals surface area contributed by atoms with Crippen molar-refractivity contribution in [1.82, 2.24) is 19.9 Å². The van der Waals surface area contributed by atoms with Gasteiger partial charge >= 0.3 is 6.09 Å². The zero-order valence-electron chi connectivity index (χ0n) is 22.5. The van der Waals surface area contributed by atoms with Gasteiger partial charge in [0.05, 0.1) is 5.69 Å². The van der Waals surface area contributed by atoms with E-state index in [0.29, 0.717) is 13.1 Å². The summed E-state index contributed by atoms with van der Waals surface area (Å²) in [5.74, 6) is 0.810. The lowest BCUT2D eigenvalue weighted by Crippen LogP contribution is -2.50. The van der Waals surface area contributed by atoms with Crippen molar-refractivity contribution in [3.63, 3.8) is 0 Å². The number of rotatable bonds is 4. The van der Waals surface area contributed by atoms with Gasteiger partial charge in [0, 0.05) is 61.9 Å². The van der Waals surface area contributed by atoms with Gasteiger partial charge in [-0.2, -0.15) is 0 Å². The summed E-state index contributed by atoms with van der Waals surface area (Å²) in [6, 6.07) is 19.0. The van der Waals surface area contributed by atoms with Gasteiger partial charge in [-0.05, 0) is 85.5 Å². The third-order valence-electron chi connectivity index (χ3n) is 7.10. The first kappa shape index (κ1) is 24.9. The van der Waals surface area contributed by atoms with Crippen LogP contribution in [0, 0.1) is 0 Å². The van der Waals surface area contributed by atoms with Gasteiger partial charge in [-0.1, -0.05) is 12.1 Å². The Morgan fingerprint density at radius 2 is 1.64 bits per heavy atom. The highest BCUT2D eigenvalue weighted by Crippen LogP contribution is 2.42. The van der Waals surface area contributed by atoms with Crippen molar-refractivity contribution in [1.29, 1.82) is 0 Å². The number of benzene rings is 2. The molecule has 1 amide bonds. The average Bonchev–Trinajstić information content (AvgIpc) is 3.32. The molecule has 2 aromatic heterocycles. The number of carbonyl (C=O) groups excluding carboxylic acids is 1. The van der Waals surface area contributed by atoms with Gasteiger partial charge in [0.25, 0.3) is 0 Å². The molecule has 1 aliphatic carbocycles. The number of piperazine rings is 1. The highest BCUT2D eigenvalue weighted by atomic mass is 16.6. The van der Waals surface area contributed by atoms with Gasteiger partial charge in [-0.3, -0.25) is 4.98 Å². The van der Waals surface area contributed by atoms with E-state index < -0.39 is 5.60 Å². The first-order valence-corrected chi connectivity index (χ1v) is 13.3. The van der Waals surface area contributed by atoms with Crippen molar-refractivity contribution in [2.75, 3.05) is 36.4 Å². The fourth-order valence-corrected chi connectivity index (χ4v) is 5.17. The summed E-state index contributed by atoms with van der Waals surface area (Å²) in [4.78, 5) is 29.8. The van der Waals surface area contributed by atoms with Gasteiger partial charge in [0.1, 0.15) is 17.7 Å². The number of nitrogens with zero attached hydrogens (tertiary/aromatic N) is 5. The predicted molar refractivity (Wildman–Crippen MR) is 153 cm³/mol. The molecule has 0 bridgehead atoms. The fourth-order valence-electron chi connectivity index (χ4n) is 5.17. The Morgan fingerprint density at radius 1 is 0.897 bits per heavy atom. The number of hydrogen-bond donors (Lipinski definition) is 1. The van der Waals surface area contributed by atoms with Crippen LogP contribution in [0.4, 0.5) is 22.0 Å². The van der Waals surface area contributed by atoms with Crippen LogP contribution in [0.25, 0.3) is 22.3 Å². The van der Waals surface area contributed by atoms with Crippen LogP contribution in [0.1, 0.15) is 32.0 Å². The molecule has 0 spiro atoms. The molecule has 1 N–H and O–H groups in total. The number of amides is 1. The third kappa shape index (κ3) is 5.27. The molecule has 0 saturated carbocycles. The molecule has 0 unspecified atom stereocenters. The number of ether oxygens (including phenoxy) is 1. The van der Waals surface area contributed by atoms with E-state index in [1.165, 1.54) is 11.1 Å². The van der Waals surface area contributed by atoms with Crippen LogP contribution in [0.5, 0.6) is 0 Å². The molecule has 3 heterocycles. The highest BCUT2D eigenvalue weighted by Gasteiger charge is 2.27. The molecule has 6 rings (SSSR count). The first-order valence-electron chi connectivity index (χ1n) is 13.3.